The molecule has 0 aliphatic heterocycles. The first-order valence-corrected chi connectivity index (χ1v) is 10.6. The molecule has 0 fully saturated rings. The Morgan fingerprint density at radius 3 is 2.64 bits per heavy atom. The van der Waals surface area contributed by atoms with Gasteiger partial charge in [-0.3, -0.25) is 19.5 Å². The number of nitrogens with one attached hydrogen (secondary N) is 2. The number of carbonyl (C=O) groups excluding carboxylic acids is 2. The van der Waals surface area contributed by atoms with Gasteiger partial charge in [0.05, 0.1) is 16.7 Å². The summed E-state index contributed by atoms with van der Waals surface area (Å²) in [6.45, 7) is 6.33. The number of fused-ring (bicyclic) bond motifs is 1. The lowest BCUT2D eigenvalue weighted by molar-refractivity contribution is -0.117. The van der Waals surface area contributed by atoms with Crippen molar-refractivity contribution in [1.82, 2.24) is 20.2 Å². The molecule has 3 amide bonds. The Morgan fingerprint density at radius 1 is 1.18 bits per heavy atom. The van der Waals surface area contributed by atoms with Gasteiger partial charge in [-0.25, -0.2) is 9.78 Å². The number of nitrogens with zero attached hydrogens (tertiary/aromatic N) is 2. The summed E-state index contributed by atoms with van der Waals surface area (Å²) in [5, 5.41) is 5.97. The van der Waals surface area contributed by atoms with Crippen LogP contribution in [-0.2, 0) is 11.3 Å². The number of carbonyl (C=O) groups is 2. The number of thioether (sulfide) groups is 1. The van der Waals surface area contributed by atoms with E-state index in [0.717, 1.165) is 25.7 Å². The van der Waals surface area contributed by atoms with Gasteiger partial charge < -0.3 is 5.32 Å². The molecule has 0 saturated heterocycles. The van der Waals surface area contributed by atoms with Gasteiger partial charge in [-0.1, -0.05) is 50.1 Å². The van der Waals surface area contributed by atoms with Crippen LogP contribution in [0.25, 0.3) is 10.9 Å². The van der Waals surface area contributed by atoms with Crippen LogP contribution in [0, 0.1) is 0 Å². The molecule has 28 heavy (non-hydrogen) atoms. The van der Waals surface area contributed by atoms with E-state index in [2.05, 4.69) is 22.5 Å². The van der Waals surface area contributed by atoms with Crippen LogP contribution >= 0.6 is 11.8 Å². The van der Waals surface area contributed by atoms with Crippen molar-refractivity contribution in [2.45, 2.75) is 64.2 Å². The van der Waals surface area contributed by atoms with Crippen LogP contribution in [0.5, 0.6) is 0 Å². The zero-order chi connectivity index (χ0) is 20.5. The molecular formula is C20H28N4O3S. The molecule has 1 aromatic carbocycles. The fourth-order valence-electron chi connectivity index (χ4n) is 2.74. The van der Waals surface area contributed by atoms with Crippen molar-refractivity contribution in [3.8, 4) is 0 Å². The van der Waals surface area contributed by atoms with Crippen LogP contribution in [0.4, 0.5) is 4.79 Å². The largest absolute Gasteiger partial charge is 0.336 e. The fourth-order valence-corrected chi connectivity index (χ4v) is 3.57. The highest BCUT2D eigenvalue weighted by molar-refractivity contribution is 7.99. The highest BCUT2D eigenvalue weighted by Crippen LogP contribution is 2.18. The molecule has 8 heteroatoms. The molecule has 152 valence electrons. The third kappa shape index (κ3) is 6.37. The van der Waals surface area contributed by atoms with Gasteiger partial charge in [-0.2, -0.15) is 0 Å². The van der Waals surface area contributed by atoms with Crippen LogP contribution in [-0.4, -0.2) is 33.3 Å². The molecule has 2 N–H and O–H groups in total. The monoisotopic (exact) mass is 404 g/mol. The maximum absolute atomic E-state index is 12.9. The molecule has 0 spiro atoms. The van der Waals surface area contributed by atoms with Crippen LogP contribution in [0.3, 0.4) is 0 Å². The zero-order valence-corrected chi connectivity index (χ0v) is 17.5. The van der Waals surface area contributed by atoms with Crippen molar-refractivity contribution >= 4 is 34.6 Å². The average Bonchev–Trinajstić information content (AvgIpc) is 2.64. The minimum absolute atomic E-state index is 0.00521. The van der Waals surface area contributed by atoms with Gasteiger partial charge in [0.2, 0.25) is 5.91 Å². The Hall–Kier alpha value is -2.35. The zero-order valence-electron chi connectivity index (χ0n) is 16.7. The number of urea groups is 1. The van der Waals surface area contributed by atoms with Crippen molar-refractivity contribution in [3.05, 3.63) is 34.6 Å². The summed E-state index contributed by atoms with van der Waals surface area (Å²) < 4.78 is 1.64. The number of amides is 3. The second-order valence-corrected chi connectivity index (χ2v) is 7.84. The lowest BCUT2D eigenvalue weighted by Crippen LogP contribution is -2.43. The maximum atomic E-state index is 12.9. The Balaban J connectivity index is 2.15. The van der Waals surface area contributed by atoms with Gasteiger partial charge in [0.1, 0.15) is 0 Å². The molecule has 7 nitrogen and oxygen atoms in total. The summed E-state index contributed by atoms with van der Waals surface area (Å²) in [5.74, 6) is -0.422. The second kappa shape index (κ2) is 10.8. The van der Waals surface area contributed by atoms with Crippen molar-refractivity contribution in [3.63, 3.8) is 0 Å². The number of benzene rings is 1. The van der Waals surface area contributed by atoms with Gasteiger partial charge in [0.25, 0.3) is 5.56 Å². The van der Waals surface area contributed by atoms with Crippen LogP contribution in [0.2, 0.25) is 0 Å². The molecule has 0 saturated carbocycles. The molecule has 0 aliphatic carbocycles. The summed E-state index contributed by atoms with van der Waals surface area (Å²) in [6, 6.07) is 6.63. The predicted octanol–water partition coefficient (Wildman–Crippen LogP) is 3.30. The standard InChI is InChI=1S/C20H28N4O3S/c1-4-5-6-9-12-24-18(26)15-10-7-8-11-16(15)22-20(24)28-13-17(25)23-19(27)21-14(2)3/h7-8,10-11,14H,4-6,9,12-13H2,1-3H3,(H2,21,23,25,27). The van der Waals surface area contributed by atoms with Gasteiger partial charge in [0.15, 0.2) is 5.16 Å². The smallest absolute Gasteiger partial charge is 0.321 e. The third-order valence-electron chi connectivity index (χ3n) is 4.07. The molecule has 0 atom stereocenters. The summed E-state index contributed by atoms with van der Waals surface area (Å²) >= 11 is 1.17. The fraction of sp³-hybridized carbons (Fsp3) is 0.500. The molecule has 0 radical (unpaired) electrons. The molecule has 0 unspecified atom stereocenters. The quantitative estimate of drug-likeness (QED) is 0.380. The molecular weight excluding hydrogens is 376 g/mol. The van der Waals surface area contributed by atoms with E-state index in [1.165, 1.54) is 11.8 Å². The summed E-state index contributed by atoms with van der Waals surface area (Å²) in [6.07, 6.45) is 4.15. The van der Waals surface area contributed by atoms with Gasteiger partial charge in [-0.05, 0) is 32.4 Å². The lowest BCUT2D eigenvalue weighted by Gasteiger charge is -2.13. The topological polar surface area (TPSA) is 93.1 Å². The lowest BCUT2D eigenvalue weighted by atomic mass is 10.2. The number of unbranched alkanes of at least 4 members (excludes halogenated alkanes) is 3. The van der Waals surface area contributed by atoms with E-state index in [9.17, 15) is 14.4 Å². The molecule has 2 rings (SSSR count). The van der Waals surface area contributed by atoms with Gasteiger partial charge >= 0.3 is 6.03 Å². The highest BCUT2D eigenvalue weighted by Gasteiger charge is 2.14. The Morgan fingerprint density at radius 2 is 1.93 bits per heavy atom. The molecule has 0 bridgehead atoms. The number of rotatable bonds is 9. The number of hydrogen-bond acceptors (Lipinski definition) is 5. The van der Waals surface area contributed by atoms with Crippen LogP contribution in [0.15, 0.2) is 34.2 Å². The normalized spacial score (nSPS) is 11.0. The number of imide groups is 1. The van der Waals surface area contributed by atoms with Crippen molar-refractivity contribution in [2.75, 3.05) is 5.75 Å². The van der Waals surface area contributed by atoms with E-state index < -0.39 is 11.9 Å². The molecule has 0 aliphatic rings. The maximum Gasteiger partial charge on any atom is 0.321 e. The minimum Gasteiger partial charge on any atom is -0.336 e. The Kier molecular flexibility index (Phi) is 8.50. The van der Waals surface area contributed by atoms with Crippen LogP contribution in [0.1, 0.15) is 46.5 Å². The Labute approximate surface area is 169 Å². The summed E-state index contributed by atoms with van der Waals surface area (Å²) in [7, 11) is 0. The minimum atomic E-state index is -0.524. The van der Waals surface area contributed by atoms with E-state index in [1.807, 2.05) is 26.0 Å². The van der Waals surface area contributed by atoms with E-state index in [1.54, 1.807) is 16.7 Å². The van der Waals surface area contributed by atoms with Crippen molar-refractivity contribution in [1.29, 1.82) is 0 Å². The first-order chi connectivity index (χ1) is 13.4. The summed E-state index contributed by atoms with van der Waals surface area (Å²) in [4.78, 5) is 41.2. The van der Waals surface area contributed by atoms with E-state index in [4.69, 9.17) is 0 Å². The summed E-state index contributed by atoms with van der Waals surface area (Å²) in [5.41, 5.74) is 0.514. The Bertz CT molecular complexity index is 879. The van der Waals surface area contributed by atoms with E-state index in [-0.39, 0.29) is 17.4 Å². The first kappa shape index (κ1) is 21.9. The molecule has 1 heterocycles. The van der Waals surface area contributed by atoms with Crippen molar-refractivity contribution < 1.29 is 9.59 Å². The average molecular weight is 405 g/mol. The van der Waals surface area contributed by atoms with Crippen LogP contribution < -0.4 is 16.2 Å². The second-order valence-electron chi connectivity index (χ2n) is 6.89. The SMILES string of the molecule is CCCCCCn1c(SCC(=O)NC(=O)NC(C)C)nc2ccccc2c1=O. The van der Waals surface area contributed by atoms with E-state index >= 15 is 0 Å². The van der Waals surface area contributed by atoms with Gasteiger partial charge in [-0.15, -0.1) is 0 Å². The number of aromatic nitrogens is 2. The number of para-hydroxylation sites is 1. The third-order valence-corrected chi connectivity index (χ3v) is 5.04. The van der Waals surface area contributed by atoms with Gasteiger partial charge in [0, 0.05) is 12.6 Å². The van der Waals surface area contributed by atoms with E-state index in [0.29, 0.717) is 22.6 Å². The molecule has 1 aromatic heterocycles. The first-order valence-electron chi connectivity index (χ1n) is 9.65. The highest BCUT2D eigenvalue weighted by atomic mass is 32.2. The molecule has 2 aromatic rings. The van der Waals surface area contributed by atoms with Crippen molar-refractivity contribution in [2.24, 2.45) is 0 Å². The predicted molar refractivity (Wildman–Crippen MR) is 113 cm³/mol. The number of hydrogen-bond donors (Lipinski definition) is 2.